The molecule has 1 fully saturated rings. The molecule has 0 bridgehead atoms. The molecule has 0 unspecified atom stereocenters. The van der Waals surface area contributed by atoms with E-state index < -0.39 is 21.7 Å². The normalized spacial score (nSPS) is 18.2. The molecule has 0 aromatic heterocycles. The van der Waals surface area contributed by atoms with Gasteiger partial charge in [-0.1, -0.05) is 54.6 Å². The lowest BCUT2D eigenvalue weighted by molar-refractivity contribution is -0.116. The number of anilines is 2. The van der Waals surface area contributed by atoms with Crippen molar-refractivity contribution in [1.82, 2.24) is 5.32 Å². The van der Waals surface area contributed by atoms with E-state index in [2.05, 4.69) is 16.0 Å². The van der Waals surface area contributed by atoms with Gasteiger partial charge in [0.05, 0.1) is 18.0 Å². The van der Waals surface area contributed by atoms with Crippen LogP contribution in [-0.4, -0.2) is 64.3 Å². The number of hydrogen-bond donors (Lipinski definition) is 3. The Bertz CT molecular complexity index is 1320. The standard InChI is InChI=1S/C29H34FN3O5S/c1-39(35,36)16-15-23-19-37-24(18-31-23)20-38-28-25(30)13-8-14-26(28)33-27(17-21-9-4-2-5-10-21)29(34)32-22-11-6-3-7-12-22/h2-14,23-24,27,31,33H,15-20H2,1H3,(H,32,34)/t23-,24+,27+/m1/s1. The summed E-state index contributed by atoms with van der Waals surface area (Å²) in [5, 5.41) is 9.39. The zero-order valence-corrected chi connectivity index (χ0v) is 22.6. The number of halogens is 1. The van der Waals surface area contributed by atoms with Crippen molar-refractivity contribution in [2.75, 3.05) is 42.4 Å². The van der Waals surface area contributed by atoms with Gasteiger partial charge in [0, 0.05) is 31.0 Å². The number of benzene rings is 3. The number of amides is 1. The van der Waals surface area contributed by atoms with Crippen LogP contribution in [0.1, 0.15) is 12.0 Å². The molecule has 1 aliphatic rings. The lowest BCUT2D eigenvalue weighted by Gasteiger charge is -2.30. The molecule has 0 saturated carbocycles. The number of hydrogen-bond acceptors (Lipinski definition) is 7. The predicted octanol–water partition coefficient (Wildman–Crippen LogP) is 3.66. The first-order valence-corrected chi connectivity index (χ1v) is 14.9. The van der Waals surface area contributed by atoms with Crippen LogP contribution < -0.4 is 20.7 Å². The molecular formula is C29H34FN3O5S. The Labute approximate surface area is 228 Å². The summed E-state index contributed by atoms with van der Waals surface area (Å²) in [5.74, 6) is -0.732. The van der Waals surface area contributed by atoms with Crippen molar-refractivity contribution in [3.8, 4) is 5.75 Å². The highest BCUT2D eigenvalue weighted by Gasteiger charge is 2.25. The van der Waals surface area contributed by atoms with Gasteiger partial charge < -0.3 is 25.4 Å². The van der Waals surface area contributed by atoms with E-state index >= 15 is 0 Å². The lowest BCUT2D eigenvalue weighted by atomic mass is 10.0. The smallest absolute Gasteiger partial charge is 0.247 e. The number of carbonyl (C=O) groups is 1. The Hall–Kier alpha value is -3.47. The minimum Gasteiger partial charge on any atom is -0.486 e. The van der Waals surface area contributed by atoms with E-state index in [0.29, 0.717) is 37.4 Å². The third-order valence-electron chi connectivity index (χ3n) is 6.36. The van der Waals surface area contributed by atoms with Gasteiger partial charge in [0.15, 0.2) is 11.6 Å². The van der Waals surface area contributed by atoms with Crippen molar-refractivity contribution in [1.29, 1.82) is 0 Å². The molecule has 1 heterocycles. The molecule has 0 radical (unpaired) electrons. The van der Waals surface area contributed by atoms with Gasteiger partial charge in [0.1, 0.15) is 28.6 Å². The van der Waals surface area contributed by atoms with Crippen molar-refractivity contribution in [3.63, 3.8) is 0 Å². The zero-order chi connectivity index (χ0) is 27.7. The summed E-state index contributed by atoms with van der Waals surface area (Å²) in [6, 6.07) is 22.5. The van der Waals surface area contributed by atoms with E-state index in [-0.39, 0.29) is 36.2 Å². The predicted molar refractivity (Wildman–Crippen MR) is 150 cm³/mol. The molecule has 0 spiro atoms. The number of carbonyl (C=O) groups excluding carboxylic acids is 1. The van der Waals surface area contributed by atoms with E-state index in [9.17, 15) is 17.6 Å². The van der Waals surface area contributed by atoms with E-state index in [4.69, 9.17) is 9.47 Å². The van der Waals surface area contributed by atoms with Crippen molar-refractivity contribution < 1.29 is 27.1 Å². The van der Waals surface area contributed by atoms with Crippen LogP contribution >= 0.6 is 0 Å². The molecule has 3 atom stereocenters. The fraction of sp³-hybridized carbons (Fsp3) is 0.345. The summed E-state index contributed by atoms with van der Waals surface area (Å²) < 4.78 is 49.5. The molecule has 10 heteroatoms. The number of sulfone groups is 1. The first-order valence-electron chi connectivity index (χ1n) is 12.9. The topological polar surface area (TPSA) is 106 Å². The average molecular weight is 556 g/mol. The van der Waals surface area contributed by atoms with Crippen LogP contribution in [0.15, 0.2) is 78.9 Å². The molecule has 1 saturated heterocycles. The highest BCUT2D eigenvalue weighted by molar-refractivity contribution is 7.90. The molecule has 0 aliphatic carbocycles. The van der Waals surface area contributed by atoms with E-state index in [1.54, 1.807) is 24.3 Å². The maximum Gasteiger partial charge on any atom is 0.247 e. The molecule has 4 rings (SSSR count). The van der Waals surface area contributed by atoms with E-state index in [0.717, 1.165) is 5.56 Å². The minimum absolute atomic E-state index is 0.00544. The number of ether oxygens (including phenoxy) is 2. The maximum absolute atomic E-state index is 14.9. The molecule has 208 valence electrons. The molecular weight excluding hydrogens is 521 g/mol. The second-order valence-corrected chi connectivity index (χ2v) is 11.9. The molecule has 3 N–H and O–H groups in total. The van der Waals surface area contributed by atoms with Crippen LogP contribution in [0, 0.1) is 5.82 Å². The van der Waals surface area contributed by atoms with Crippen molar-refractivity contribution in [3.05, 3.63) is 90.2 Å². The molecule has 3 aromatic carbocycles. The van der Waals surface area contributed by atoms with Gasteiger partial charge in [-0.3, -0.25) is 4.79 Å². The Kier molecular flexibility index (Phi) is 9.91. The Morgan fingerprint density at radius 3 is 2.46 bits per heavy atom. The number of rotatable bonds is 12. The van der Waals surface area contributed by atoms with Gasteiger partial charge in [-0.05, 0) is 36.2 Å². The van der Waals surface area contributed by atoms with Gasteiger partial charge in [-0.2, -0.15) is 0 Å². The molecule has 39 heavy (non-hydrogen) atoms. The monoisotopic (exact) mass is 555 g/mol. The minimum atomic E-state index is -3.04. The molecule has 3 aromatic rings. The highest BCUT2D eigenvalue weighted by Crippen LogP contribution is 2.29. The Morgan fingerprint density at radius 2 is 1.79 bits per heavy atom. The van der Waals surface area contributed by atoms with Gasteiger partial charge in [-0.25, -0.2) is 12.8 Å². The second-order valence-electron chi connectivity index (χ2n) is 9.65. The summed E-state index contributed by atoms with van der Waals surface area (Å²) in [7, 11) is -3.04. The lowest BCUT2D eigenvalue weighted by Crippen LogP contribution is -2.49. The molecule has 8 nitrogen and oxygen atoms in total. The van der Waals surface area contributed by atoms with E-state index in [1.165, 1.54) is 12.3 Å². The van der Waals surface area contributed by atoms with Gasteiger partial charge in [-0.15, -0.1) is 0 Å². The van der Waals surface area contributed by atoms with Crippen LogP contribution in [0.2, 0.25) is 0 Å². The van der Waals surface area contributed by atoms with Crippen molar-refractivity contribution in [2.45, 2.75) is 31.0 Å². The average Bonchev–Trinajstić information content (AvgIpc) is 2.92. The van der Waals surface area contributed by atoms with Crippen LogP contribution in [-0.2, 0) is 25.8 Å². The summed E-state index contributed by atoms with van der Waals surface area (Å²) >= 11 is 0. The van der Waals surface area contributed by atoms with Crippen LogP contribution in [0.25, 0.3) is 0 Å². The molecule has 1 aliphatic heterocycles. The molecule has 1 amide bonds. The summed E-state index contributed by atoms with van der Waals surface area (Å²) in [6.07, 6.45) is 1.71. The van der Waals surface area contributed by atoms with E-state index in [1.807, 2.05) is 48.5 Å². The van der Waals surface area contributed by atoms with Crippen molar-refractivity contribution in [2.24, 2.45) is 0 Å². The van der Waals surface area contributed by atoms with Gasteiger partial charge in [0.2, 0.25) is 5.91 Å². The fourth-order valence-electron chi connectivity index (χ4n) is 4.26. The fourth-order valence-corrected chi connectivity index (χ4v) is 4.97. The van der Waals surface area contributed by atoms with Crippen LogP contribution in [0.4, 0.5) is 15.8 Å². The Balaban J connectivity index is 1.42. The first kappa shape index (κ1) is 28.5. The van der Waals surface area contributed by atoms with Crippen molar-refractivity contribution >= 4 is 27.1 Å². The second kappa shape index (κ2) is 13.5. The summed E-state index contributed by atoms with van der Waals surface area (Å²) in [4.78, 5) is 13.3. The van der Waals surface area contributed by atoms with Gasteiger partial charge >= 0.3 is 0 Å². The summed E-state index contributed by atoms with van der Waals surface area (Å²) in [6.45, 7) is 0.869. The SMILES string of the molecule is CS(=O)(=O)CC[C@@H]1CO[C@H](COc2c(F)cccc2N[C@@H](Cc2ccccc2)C(=O)Nc2ccccc2)CN1. The van der Waals surface area contributed by atoms with Gasteiger partial charge in [0.25, 0.3) is 0 Å². The number of nitrogens with one attached hydrogen (secondary N) is 3. The van der Waals surface area contributed by atoms with Crippen LogP contribution in [0.3, 0.4) is 0 Å². The van der Waals surface area contributed by atoms with Crippen LogP contribution in [0.5, 0.6) is 5.75 Å². The third kappa shape index (κ3) is 9.05. The maximum atomic E-state index is 14.9. The first-order chi connectivity index (χ1) is 18.8. The highest BCUT2D eigenvalue weighted by atomic mass is 32.2. The Morgan fingerprint density at radius 1 is 1.08 bits per heavy atom. The zero-order valence-electron chi connectivity index (χ0n) is 21.8. The third-order valence-corrected chi connectivity index (χ3v) is 7.33. The summed E-state index contributed by atoms with van der Waals surface area (Å²) in [5.41, 5.74) is 1.97. The quantitative estimate of drug-likeness (QED) is 0.313. The largest absolute Gasteiger partial charge is 0.486 e. The number of morpholine rings is 1. The number of para-hydroxylation sites is 2.